The predicted molar refractivity (Wildman–Crippen MR) is 77.6 cm³/mol. The number of morpholine rings is 1. The molecule has 1 saturated heterocycles. The summed E-state index contributed by atoms with van der Waals surface area (Å²) < 4.78 is 7.80. The first kappa shape index (κ1) is 14.8. The molecule has 2 heterocycles. The highest BCUT2D eigenvalue weighted by atomic mass is 35.5. The third-order valence-electron chi connectivity index (χ3n) is 3.75. The van der Waals surface area contributed by atoms with Crippen molar-refractivity contribution >= 4 is 11.6 Å². The van der Waals surface area contributed by atoms with Crippen LogP contribution in [0.15, 0.2) is 6.07 Å². The molecule has 2 rings (SSSR count). The van der Waals surface area contributed by atoms with Gasteiger partial charge in [-0.15, -0.1) is 11.6 Å². The summed E-state index contributed by atoms with van der Waals surface area (Å²) in [5.74, 6) is 0.566. The highest BCUT2D eigenvalue weighted by Gasteiger charge is 2.26. The van der Waals surface area contributed by atoms with Crippen molar-refractivity contribution in [1.82, 2.24) is 14.7 Å². The topological polar surface area (TPSA) is 30.3 Å². The number of ether oxygens (including phenoxy) is 1. The molecule has 1 fully saturated rings. The first-order valence-corrected chi connectivity index (χ1v) is 7.68. The molecule has 1 aliphatic rings. The minimum atomic E-state index is 0.154. The number of halogens is 1. The molecule has 0 N–H and O–H groups in total. The summed E-state index contributed by atoms with van der Waals surface area (Å²) in [5, 5.41) is 4.61. The molecule has 0 aliphatic carbocycles. The molecule has 19 heavy (non-hydrogen) atoms. The number of hydrogen-bond donors (Lipinski definition) is 0. The lowest BCUT2D eigenvalue weighted by Crippen LogP contribution is -2.48. The summed E-state index contributed by atoms with van der Waals surface area (Å²) in [4.78, 5) is 2.44. The van der Waals surface area contributed by atoms with Gasteiger partial charge in [0.05, 0.1) is 24.1 Å². The van der Waals surface area contributed by atoms with E-state index in [0.717, 1.165) is 32.7 Å². The summed E-state index contributed by atoms with van der Waals surface area (Å²) in [6.45, 7) is 10.0. The molecule has 0 radical (unpaired) electrons. The Hall–Kier alpha value is -0.580. The summed E-state index contributed by atoms with van der Waals surface area (Å²) in [7, 11) is 0. The first-order chi connectivity index (χ1) is 9.17. The van der Waals surface area contributed by atoms with Gasteiger partial charge in [-0.3, -0.25) is 9.58 Å². The van der Waals surface area contributed by atoms with Gasteiger partial charge < -0.3 is 4.74 Å². The summed E-state index contributed by atoms with van der Waals surface area (Å²) in [5.41, 5.74) is 2.47. The maximum absolute atomic E-state index is 5.91. The summed E-state index contributed by atoms with van der Waals surface area (Å²) >= 11 is 5.91. The number of aromatic nitrogens is 2. The highest BCUT2D eigenvalue weighted by molar-refractivity contribution is 6.18. The van der Waals surface area contributed by atoms with Gasteiger partial charge in [0, 0.05) is 31.6 Å². The smallest absolute Gasteiger partial charge is 0.0838 e. The zero-order valence-electron chi connectivity index (χ0n) is 12.1. The van der Waals surface area contributed by atoms with E-state index in [1.54, 1.807) is 0 Å². The van der Waals surface area contributed by atoms with Crippen LogP contribution >= 0.6 is 11.6 Å². The van der Waals surface area contributed by atoms with Gasteiger partial charge in [0.25, 0.3) is 0 Å². The number of aryl methyl sites for hydroxylation is 2. The number of alkyl halides is 1. The van der Waals surface area contributed by atoms with Crippen molar-refractivity contribution in [2.75, 3.05) is 19.0 Å². The quantitative estimate of drug-likeness (QED) is 0.778. The minimum absolute atomic E-state index is 0.154. The monoisotopic (exact) mass is 285 g/mol. The maximum Gasteiger partial charge on any atom is 0.0838 e. The van der Waals surface area contributed by atoms with E-state index in [0.29, 0.717) is 11.9 Å². The second kappa shape index (κ2) is 6.73. The van der Waals surface area contributed by atoms with Crippen molar-refractivity contribution in [2.24, 2.45) is 0 Å². The molecule has 108 valence electrons. The van der Waals surface area contributed by atoms with Crippen LogP contribution in [0.25, 0.3) is 0 Å². The number of hydrogen-bond acceptors (Lipinski definition) is 3. The van der Waals surface area contributed by atoms with Crippen LogP contribution in [0.5, 0.6) is 0 Å². The Labute approximate surface area is 120 Å². The fourth-order valence-corrected chi connectivity index (χ4v) is 2.67. The Morgan fingerprint density at radius 2 is 2.26 bits per heavy atom. The van der Waals surface area contributed by atoms with E-state index >= 15 is 0 Å². The van der Waals surface area contributed by atoms with E-state index in [1.807, 2.05) is 0 Å². The van der Waals surface area contributed by atoms with Crippen molar-refractivity contribution in [2.45, 2.75) is 52.4 Å². The van der Waals surface area contributed by atoms with Crippen molar-refractivity contribution in [3.8, 4) is 0 Å². The largest absolute Gasteiger partial charge is 0.374 e. The lowest BCUT2D eigenvalue weighted by Gasteiger charge is -2.37. The predicted octanol–water partition coefficient (Wildman–Crippen LogP) is 2.29. The van der Waals surface area contributed by atoms with Gasteiger partial charge in [-0.25, -0.2) is 0 Å². The lowest BCUT2D eigenvalue weighted by atomic mass is 10.2. The summed E-state index contributed by atoms with van der Waals surface area (Å²) in [6, 6.07) is 2.66. The lowest BCUT2D eigenvalue weighted by molar-refractivity contribution is -0.0518. The average molecular weight is 286 g/mol. The van der Waals surface area contributed by atoms with Crippen molar-refractivity contribution in [3.05, 3.63) is 17.5 Å². The van der Waals surface area contributed by atoms with Crippen LogP contribution in [0, 0.1) is 0 Å². The van der Waals surface area contributed by atoms with Crippen LogP contribution in [0.4, 0.5) is 0 Å². The van der Waals surface area contributed by atoms with E-state index < -0.39 is 0 Å². The number of rotatable bonds is 5. The Morgan fingerprint density at radius 3 is 2.89 bits per heavy atom. The Bertz CT molecular complexity index is 407. The Kier molecular flexibility index (Phi) is 5.25. The van der Waals surface area contributed by atoms with Gasteiger partial charge in [0.2, 0.25) is 0 Å². The molecular weight excluding hydrogens is 262 g/mol. The van der Waals surface area contributed by atoms with Gasteiger partial charge in [0.1, 0.15) is 0 Å². The van der Waals surface area contributed by atoms with Crippen LogP contribution in [-0.4, -0.2) is 45.9 Å². The average Bonchev–Trinajstić information content (AvgIpc) is 2.83. The van der Waals surface area contributed by atoms with Crippen LogP contribution in [0.2, 0.25) is 0 Å². The molecule has 0 saturated carbocycles. The molecule has 0 bridgehead atoms. The van der Waals surface area contributed by atoms with Crippen LogP contribution < -0.4 is 0 Å². The zero-order valence-corrected chi connectivity index (χ0v) is 12.9. The molecule has 1 aromatic heterocycles. The third kappa shape index (κ3) is 3.50. The Balaban J connectivity index is 2.08. The molecule has 0 amide bonds. The van der Waals surface area contributed by atoms with Crippen LogP contribution in [0.1, 0.15) is 32.2 Å². The number of nitrogens with zero attached hydrogens (tertiary/aromatic N) is 3. The fourth-order valence-electron chi connectivity index (χ4n) is 2.49. The van der Waals surface area contributed by atoms with Crippen LogP contribution in [0.3, 0.4) is 0 Å². The van der Waals surface area contributed by atoms with Gasteiger partial charge in [0.15, 0.2) is 0 Å². The van der Waals surface area contributed by atoms with E-state index in [2.05, 4.69) is 41.5 Å². The maximum atomic E-state index is 5.91. The van der Waals surface area contributed by atoms with E-state index in [1.165, 1.54) is 11.4 Å². The van der Waals surface area contributed by atoms with E-state index in [4.69, 9.17) is 16.3 Å². The molecule has 2 unspecified atom stereocenters. The SMILES string of the molecule is CCc1cc(CN2CC(CCl)OCC2C)n(CC)n1. The molecule has 4 nitrogen and oxygen atoms in total. The molecule has 2 atom stereocenters. The Morgan fingerprint density at radius 1 is 1.47 bits per heavy atom. The van der Waals surface area contributed by atoms with E-state index in [-0.39, 0.29) is 6.10 Å². The first-order valence-electron chi connectivity index (χ1n) is 7.15. The zero-order chi connectivity index (χ0) is 13.8. The van der Waals surface area contributed by atoms with Crippen LogP contribution in [-0.2, 0) is 24.2 Å². The molecule has 1 aromatic rings. The van der Waals surface area contributed by atoms with Crippen molar-refractivity contribution in [3.63, 3.8) is 0 Å². The van der Waals surface area contributed by atoms with Crippen molar-refractivity contribution in [1.29, 1.82) is 0 Å². The standard InChI is InChI=1S/C14H24ClN3O/c1-4-12-6-13(18(5-2)16-12)8-17-9-14(7-15)19-10-11(17)3/h6,11,14H,4-5,7-10H2,1-3H3. The van der Waals surface area contributed by atoms with E-state index in [9.17, 15) is 0 Å². The molecular formula is C14H24ClN3O. The van der Waals surface area contributed by atoms with Gasteiger partial charge >= 0.3 is 0 Å². The van der Waals surface area contributed by atoms with Gasteiger partial charge in [-0.05, 0) is 26.3 Å². The highest BCUT2D eigenvalue weighted by Crippen LogP contribution is 2.17. The second-order valence-electron chi connectivity index (χ2n) is 5.18. The molecule has 0 aromatic carbocycles. The van der Waals surface area contributed by atoms with Gasteiger partial charge in [-0.1, -0.05) is 6.92 Å². The third-order valence-corrected chi connectivity index (χ3v) is 4.09. The molecule has 5 heteroatoms. The molecule has 1 aliphatic heterocycles. The second-order valence-corrected chi connectivity index (χ2v) is 5.49. The summed E-state index contributed by atoms with van der Waals surface area (Å²) in [6.07, 6.45) is 1.14. The van der Waals surface area contributed by atoms with Gasteiger partial charge in [-0.2, -0.15) is 5.10 Å². The minimum Gasteiger partial charge on any atom is -0.374 e. The normalized spacial score (nSPS) is 24.8. The molecule has 0 spiro atoms. The van der Waals surface area contributed by atoms with Crippen molar-refractivity contribution < 1.29 is 4.74 Å². The fraction of sp³-hybridized carbons (Fsp3) is 0.786.